The SMILES string of the molecule is CCC(=O)O.CCC(=O)O.CCC(=O)O.CCC(=O)O.CCC(=O)O. The minimum absolute atomic E-state index is 0.222. The topological polar surface area (TPSA) is 186 Å². The van der Waals surface area contributed by atoms with Crippen LogP contribution in [0.25, 0.3) is 0 Å². The van der Waals surface area contributed by atoms with Gasteiger partial charge in [0, 0.05) is 32.1 Å². The number of carbonyl (C=O) groups is 5. The molecule has 0 unspecified atom stereocenters. The van der Waals surface area contributed by atoms with Crippen molar-refractivity contribution < 1.29 is 49.5 Å². The molecule has 150 valence electrons. The largest absolute Gasteiger partial charge is 0.481 e. The minimum Gasteiger partial charge on any atom is -0.481 e. The van der Waals surface area contributed by atoms with Crippen LogP contribution in [0.4, 0.5) is 0 Å². The molecule has 0 amide bonds. The second kappa shape index (κ2) is 29.4. The smallest absolute Gasteiger partial charge is 0.303 e. The van der Waals surface area contributed by atoms with E-state index in [0.717, 1.165) is 0 Å². The fourth-order valence-corrected chi connectivity index (χ4v) is 0. The molecule has 0 atom stereocenters. The predicted octanol–water partition coefficient (Wildman–Crippen LogP) is 2.40. The summed E-state index contributed by atoms with van der Waals surface area (Å²) in [6.45, 7) is 8.00. The van der Waals surface area contributed by atoms with Crippen LogP contribution in [-0.2, 0) is 24.0 Å². The summed E-state index contributed by atoms with van der Waals surface area (Å²) < 4.78 is 0. The lowest BCUT2D eigenvalue weighted by Crippen LogP contribution is -1.86. The molecule has 0 aromatic heterocycles. The Bertz CT molecular complexity index is 282. The zero-order valence-electron chi connectivity index (χ0n) is 15.3. The summed E-state index contributed by atoms with van der Waals surface area (Å²) in [6, 6.07) is 0. The second-order valence-corrected chi connectivity index (χ2v) is 3.74. The van der Waals surface area contributed by atoms with E-state index in [-0.39, 0.29) is 32.1 Å². The van der Waals surface area contributed by atoms with Crippen LogP contribution in [0.15, 0.2) is 0 Å². The van der Waals surface area contributed by atoms with E-state index in [2.05, 4.69) is 0 Å². The molecule has 10 heteroatoms. The van der Waals surface area contributed by atoms with Gasteiger partial charge in [-0.2, -0.15) is 0 Å². The predicted molar refractivity (Wildman–Crippen MR) is 89.6 cm³/mol. The maximum Gasteiger partial charge on any atom is 0.303 e. The van der Waals surface area contributed by atoms with Crippen LogP contribution in [0.3, 0.4) is 0 Å². The highest BCUT2D eigenvalue weighted by Crippen LogP contribution is 1.68. The molecule has 0 aliphatic rings. The van der Waals surface area contributed by atoms with Gasteiger partial charge >= 0.3 is 29.8 Å². The van der Waals surface area contributed by atoms with Gasteiger partial charge in [0.05, 0.1) is 0 Å². The van der Waals surface area contributed by atoms with E-state index in [9.17, 15) is 24.0 Å². The lowest BCUT2D eigenvalue weighted by Gasteiger charge is -1.71. The molecule has 0 aromatic rings. The summed E-state index contributed by atoms with van der Waals surface area (Å²) in [5, 5.41) is 38.6. The van der Waals surface area contributed by atoms with E-state index < -0.39 is 29.8 Å². The van der Waals surface area contributed by atoms with Crippen LogP contribution in [0.2, 0.25) is 0 Å². The van der Waals surface area contributed by atoms with Gasteiger partial charge in [-0.1, -0.05) is 34.6 Å². The van der Waals surface area contributed by atoms with Gasteiger partial charge in [-0.05, 0) is 0 Å². The van der Waals surface area contributed by atoms with Crippen molar-refractivity contribution in [3.05, 3.63) is 0 Å². The summed E-state index contributed by atoms with van der Waals surface area (Å²) in [5.74, 6) is -3.73. The zero-order valence-corrected chi connectivity index (χ0v) is 15.3. The lowest BCUT2D eigenvalue weighted by atomic mass is 10.5. The van der Waals surface area contributed by atoms with E-state index in [1.807, 2.05) is 0 Å². The normalized spacial score (nSPS) is 7.40. The molecular formula is C15H30O10. The summed E-state index contributed by atoms with van der Waals surface area (Å²) in [4.78, 5) is 46.8. The number of carboxylic acids is 5. The molecule has 0 heterocycles. The van der Waals surface area contributed by atoms with Crippen molar-refractivity contribution in [1.82, 2.24) is 0 Å². The third kappa shape index (κ3) is 148. The first-order chi connectivity index (χ1) is 11.4. The number of hydrogen-bond donors (Lipinski definition) is 5. The maximum absolute atomic E-state index is 9.37. The second-order valence-electron chi connectivity index (χ2n) is 3.74. The van der Waals surface area contributed by atoms with Crippen LogP contribution in [0.5, 0.6) is 0 Å². The maximum atomic E-state index is 9.37. The molecule has 0 fully saturated rings. The zero-order chi connectivity index (χ0) is 21.4. The number of aliphatic carboxylic acids is 5. The Morgan fingerprint density at radius 2 is 0.440 bits per heavy atom. The van der Waals surface area contributed by atoms with E-state index in [4.69, 9.17) is 25.5 Å². The van der Waals surface area contributed by atoms with Crippen molar-refractivity contribution in [3.8, 4) is 0 Å². The van der Waals surface area contributed by atoms with Crippen LogP contribution in [0.1, 0.15) is 66.7 Å². The van der Waals surface area contributed by atoms with Gasteiger partial charge in [-0.15, -0.1) is 0 Å². The Kier molecular flexibility index (Phi) is 39.8. The molecule has 25 heavy (non-hydrogen) atoms. The molecule has 0 aliphatic heterocycles. The molecule has 0 aromatic carbocycles. The molecular weight excluding hydrogens is 340 g/mol. The Morgan fingerprint density at radius 1 is 0.400 bits per heavy atom. The van der Waals surface area contributed by atoms with Crippen LogP contribution in [-0.4, -0.2) is 55.4 Å². The molecule has 5 N–H and O–H groups in total. The third-order valence-corrected chi connectivity index (χ3v) is 1.51. The molecule has 0 spiro atoms. The van der Waals surface area contributed by atoms with Gasteiger partial charge < -0.3 is 25.5 Å². The standard InChI is InChI=1S/5C3H6O2/c5*1-2-3(4)5/h5*2H2,1H3,(H,4,5). The van der Waals surface area contributed by atoms with E-state index in [1.165, 1.54) is 0 Å². The van der Waals surface area contributed by atoms with Crippen molar-refractivity contribution in [2.45, 2.75) is 66.7 Å². The first-order valence-corrected chi connectivity index (χ1v) is 7.44. The van der Waals surface area contributed by atoms with E-state index in [0.29, 0.717) is 0 Å². The van der Waals surface area contributed by atoms with Gasteiger partial charge in [0.15, 0.2) is 0 Å². The Balaban J connectivity index is -0.0000000667. The quantitative estimate of drug-likeness (QED) is 0.480. The molecule has 0 radical (unpaired) electrons. The van der Waals surface area contributed by atoms with Crippen molar-refractivity contribution in [2.75, 3.05) is 0 Å². The third-order valence-electron chi connectivity index (χ3n) is 1.51. The van der Waals surface area contributed by atoms with Gasteiger partial charge in [-0.3, -0.25) is 24.0 Å². The summed E-state index contributed by atoms with van der Waals surface area (Å²) in [7, 11) is 0. The lowest BCUT2D eigenvalue weighted by molar-refractivity contribution is -0.137. The average molecular weight is 370 g/mol. The monoisotopic (exact) mass is 370 g/mol. The molecule has 10 nitrogen and oxygen atoms in total. The molecule has 0 rings (SSSR count). The highest BCUT2D eigenvalue weighted by atomic mass is 16.4. The average Bonchev–Trinajstić information content (AvgIpc) is 2.56. The van der Waals surface area contributed by atoms with Crippen LogP contribution >= 0.6 is 0 Å². The Hall–Kier alpha value is -2.65. The summed E-state index contributed by atoms with van der Waals surface area (Å²) in [5.41, 5.74) is 0. The highest BCUT2D eigenvalue weighted by molar-refractivity contribution is 5.67. The van der Waals surface area contributed by atoms with Gasteiger partial charge in [0.1, 0.15) is 0 Å². The molecule has 0 saturated carbocycles. The van der Waals surface area contributed by atoms with Gasteiger partial charge in [0.25, 0.3) is 0 Å². The minimum atomic E-state index is -0.745. The highest BCUT2D eigenvalue weighted by Gasteiger charge is 1.82. The van der Waals surface area contributed by atoms with Crippen molar-refractivity contribution in [3.63, 3.8) is 0 Å². The first kappa shape index (κ1) is 33.8. The molecule has 0 aliphatic carbocycles. The number of carboxylic acid groups (broad SMARTS) is 5. The Labute approximate surface area is 147 Å². The fourth-order valence-electron chi connectivity index (χ4n) is 0. The van der Waals surface area contributed by atoms with E-state index >= 15 is 0 Å². The van der Waals surface area contributed by atoms with Gasteiger partial charge in [-0.25, -0.2) is 0 Å². The van der Waals surface area contributed by atoms with Crippen molar-refractivity contribution in [2.24, 2.45) is 0 Å². The van der Waals surface area contributed by atoms with Crippen molar-refractivity contribution >= 4 is 29.8 Å². The summed E-state index contributed by atoms with van der Waals surface area (Å²) in [6.07, 6.45) is 1.11. The molecule has 0 saturated heterocycles. The van der Waals surface area contributed by atoms with E-state index in [1.54, 1.807) is 34.6 Å². The van der Waals surface area contributed by atoms with Crippen LogP contribution in [0, 0.1) is 0 Å². The first-order valence-electron chi connectivity index (χ1n) is 7.44. The summed E-state index contributed by atoms with van der Waals surface area (Å²) >= 11 is 0. The number of hydrogen-bond acceptors (Lipinski definition) is 5. The van der Waals surface area contributed by atoms with Crippen LogP contribution < -0.4 is 0 Å². The van der Waals surface area contributed by atoms with Gasteiger partial charge in [0.2, 0.25) is 0 Å². The Morgan fingerprint density at radius 3 is 0.440 bits per heavy atom. The molecule has 0 bridgehead atoms. The van der Waals surface area contributed by atoms with Crippen molar-refractivity contribution in [1.29, 1.82) is 0 Å². The number of rotatable bonds is 5. The fraction of sp³-hybridized carbons (Fsp3) is 0.667.